The van der Waals surface area contributed by atoms with Crippen LogP contribution in [0.25, 0.3) is 0 Å². The second-order valence-electron chi connectivity index (χ2n) is 1.67. The Morgan fingerprint density at radius 3 is 2.75 bits per heavy atom. The van der Waals surface area contributed by atoms with Gasteiger partial charge >= 0.3 is 0 Å². The zero-order valence-corrected chi connectivity index (χ0v) is 4.54. The lowest BCUT2D eigenvalue weighted by atomic mass is 10.4. The molecule has 1 aliphatic heterocycles. The van der Waals surface area contributed by atoms with Gasteiger partial charge in [-0.2, -0.15) is 0 Å². The quantitative estimate of drug-likeness (QED) is 0.415. The summed E-state index contributed by atoms with van der Waals surface area (Å²) in [5.74, 6) is 5.99. The highest BCUT2D eigenvalue weighted by molar-refractivity contribution is 5.13. The van der Waals surface area contributed by atoms with Crippen molar-refractivity contribution in [2.24, 2.45) is 11.6 Å². The van der Waals surface area contributed by atoms with Crippen molar-refractivity contribution >= 4 is 0 Å². The summed E-state index contributed by atoms with van der Waals surface area (Å²) in [6.45, 7) is 0.711. The van der Waals surface area contributed by atoms with Crippen molar-refractivity contribution in [3.05, 3.63) is 24.0 Å². The first-order valence-corrected chi connectivity index (χ1v) is 2.45. The van der Waals surface area contributed by atoms with Gasteiger partial charge in [0.15, 0.2) is 0 Å². The largest absolute Gasteiger partial charge is 0.384 e. The summed E-state index contributed by atoms with van der Waals surface area (Å²) >= 11 is 0. The standard InChI is InChI=1S/C5H9N3/c6-5-3-1-2-4-8(5)7/h1-3H,4,6-7H2. The third-order valence-corrected chi connectivity index (χ3v) is 1.04. The summed E-state index contributed by atoms with van der Waals surface area (Å²) in [6.07, 6.45) is 5.60. The lowest BCUT2D eigenvalue weighted by Gasteiger charge is -2.18. The Labute approximate surface area is 48.2 Å². The fourth-order valence-electron chi connectivity index (χ4n) is 0.542. The second-order valence-corrected chi connectivity index (χ2v) is 1.67. The first kappa shape index (κ1) is 5.18. The van der Waals surface area contributed by atoms with Crippen LogP contribution >= 0.6 is 0 Å². The van der Waals surface area contributed by atoms with Crippen LogP contribution < -0.4 is 11.6 Å². The summed E-state index contributed by atoms with van der Waals surface area (Å²) in [5.41, 5.74) is 5.39. The zero-order chi connectivity index (χ0) is 5.98. The number of hydrogen-bond acceptors (Lipinski definition) is 3. The average Bonchev–Trinajstić information content (AvgIpc) is 1.77. The maximum absolute atomic E-state index is 5.39. The third-order valence-electron chi connectivity index (χ3n) is 1.04. The van der Waals surface area contributed by atoms with E-state index in [0.717, 1.165) is 0 Å². The van der Waals surface area contributed by atoms with E-state index in [0.29, 0.717) is 12.4 Å². The minimum Gasteiger partial charge on any atom is -0.384 e. The molecule has 0 amide bonds. The van der Waals surface area contributed by atoms with Gasteiger partial charge in [0, 0.05) is 0 Å². The molecule has 0 unspecified atom stereocenters. The van der Waals surface area contributed by atoms with Crippen molar-refractivity contribution in [2.75, 3.05) is 6.54 Å². The topological polar surface area (TPSA) is 55.3 Å². The zero-order valence-electron chi connectivity index (χ0n) is 4.54. The van der Waals surface area contributed by atoms with E-state index in [9.17, 15) is 0 Å². The van der Waals surface area contributed by atoms with Gasteiger partial charge in [0.25, 0.3) is 0 Å². The van der Waals surface area contributed by atoms with E-state index >= 15 is 0 Å². The van der Waals surface area contributed by atoms with Gasteiger partial charge in [-0.1, -0.05) is 12.2 Å². The molecule has 0 aliphatic carbocycles. The van der Waals surface area contributed by atoms with Crippen LogP contribution in [-0.4, -0.2) is 11.6 Å². The summed E-state index contributed by atoms with van der Waals surface area (Å²) < 4.78 is 0. The third kappa shape index (κ3) is 0.816. The molecular weight excluding hydrogens is 102 g/mol. The van der Waals surface area contributed by atoms with Crippen LogP contribution in [0.5, 0.6) is 0 Å². The molecule has 4 N–H and O–H groups in total. The molecule has 44 valence electrons. The van der Waals surface area contributed by atoms with Crippen molar-refractivity contribution in [2.45, 2.75) is 0 Å². The highest BCUT2D eigenvalue weighted by Crippen LogP contribution is 1.95. The monoisotopic (exact) mass is 111 g/mol. The van der Waals surface area contributed by atoms with E-state index in [1.165, 1.54) is 5.01 Å². The van der Waals surface area contributed by atoms with Gasteiger partial charge in [0.1, 0.15) is 5.82 Å². The Bertz CT molecular complexity index is 137. The minimum absolute atomic E-state index is 0.618. The average molecular weight is 111 g/mol. The van der Waals surface area contributed by atoms with Gasteiger partial charge in [-0.3, -0.25) is 5.01 Å². The molecule has 0 bridgehead atoms. The summed E-state index contributed by atoms with van der Waals surface area (Å²) in [5, 5.41) is 1.49. The molecule has 0 aromatic heterocycles. The number of hydrogen-bond donors (Lipinski definition) is 2. The van der Waals surface area contributed by atoms with Crippen LogP contribution in [0, 0.1) is 0 Å². The molecule has 0 radical (unpaired) electrons. The number of rotatable bonds is 0. The van der Waals surface area contributed by atoms with Crippen molar-refractivity contribution in [1.29, 1.82) is 0 Å². The Kier molecular flexibility index (Phi) is 1.22. The molecule has 0 fully saturated rings. The van der Waals surface area contributed by atoms with Crippen molar-refractivity contribution < 1.29 is 0 Å². The van der Waals surface area contributed by atoms with Crippen LogP contribution in [0.4, 0.5) is 0 Å². The smallest absolute Gasteiger partial charge is 0.113 e. The van der Waals surface area contributed by atoms with Gasteiger partial charge in [0.2, 0.25) is 0 Å². The van der Waals surface area contributed by atoms with Crippen LogP contribution in [0.2, 0.25) is 0 Å². The van der Waals surface area contributed by atoms with E-state index in [1.54, 1.807) is 6.08 Å². The highest BCUT2D eigenvalue weighted by atomic mass is 15.4. The molecule has 0 aromatic rings. The van der Waals surface area contributed by atoms with E-state index in [4.69, 9.17) is 11.6 Å². The van der Waals surface area contributed by atoms with E-state index in [1.807, 2.05) is 12.2 Å². The molecule has 0 saturated heterocycles. The predicted molar refractivity (Wildman–Crippen MR) is 32.3 cm³/mol. The maximum atomic E-state index is 5.39. The number of nitrogens with two attached hydrogens (primary N) is 2. The van der Waals surface area contributed by atoms with Crippen LogP contribution in [-0.2, 0) is 0 Å². The van der Waals surface area contributed by atoms with Crippen LogP contribution in [0.1, 0.15) is 0 Å². The number of nitrogens with zero attached hydrogens (tertiary/aromatic N) is 1. The Morgan fingerprint density at radius 1 is 1.62 bits per heavy atom. The molecule has 0 atom stereocenters. The molecule has 1 heterocycles. The molecule has 1 rings (SSSR count). The Balaban J connectivity index is 2.66. The first-order chi connectivity index (χ1) is 3.80. The molecule has 8 heavy (non-hydrogen) atoms. The molecule has 0 saturated carbocycles. The van der Waals surface area contributed by atoms with Crippen molar-refractivity contribution in [3.8, 4) is 0 Å². The van der Waals surface area contributed by atoms with Gasteiger partial charge in [-0.15, -0.1) is 0 Å². The minimum atomic E-state index is 0.618. The fourth-order valence-corrected chi connectivity index (χ4v) is 0.542. The van der Waals surface area contributed by atoms with Crippen molar-refractivity contribution in [3.63, 3.8) is 0 Å². The predicted octanol–water partition coefficient (Wildman–Crippen LogP) is -0.468. The Morgan fingerprint density at radius 2 is 2.38 bits per heavy atom. The van der Waals surface area contributed by atoms with E-state index < -0.39 is 0 Å². The SMILES string of the molecule is NC1=CC=CCN1N. The number of allylic oxidation sites excluding steroid dienone is 2. The van der Waals surface area contributed by atoms with Gasteiger partial charge in [-0.05, 0) is 6.08 Å². The first-order valence-electron chi connectivity index (χ1n) is 2.45. The van der Waals surface area contributed by atoms with E-state index in [2.05, 4.69) is 0 Å². The number of hydrazine groups is 1. The second kappa shape index (κ2) is 1.88. The fraction of sp³-hybridized carbons (Fsp3) is 0.200. The molecule has 3 nitrogen and oxygen atoms in total. The molecular formula is C5H9N3. The van der Waals surface area contributed by atoms with Gasteiger partial charge < -0.3 is 5.73 Å². The maximum Gasteiger partial charge on any atom is 0.113 e. The van der Waals surface area contributed by atoms with Gasteiger partial charge in [-0.25, -0.2) is 5.84 Å². The normalized spacial score (nSPS) is 18.6. The highest BCUT2D eigenvalue weighted by Gasteiger charge is 1.98. The molecule has 0 spiro atoms. The Hall–Kier alpha value is -0.960. The lowest BCUT2D eigenvalue weighted by Crippen LogP contribution is -2.35. The summed E-state index contributed by atoms with van der Waals surface area (Å²) in [7, 11) is 0. The summed E-state index contributed by atoms with van der Waals surface area (Å²) in [6, 6.07) is 0. The lowest BCUT2D eigenvalue weighted by molar-refractivity contribution is 0.390. The van der Waals surface area contributed by atoms with Gasteiger partial charge in [0.05, 0.1) is 6.54 Å². The van der Waals surface area contributed by atoms with Crippen molar-refractivity contribution in [1.82, 2.24) is 5.01 Å². The van der Waals surface area contributed by atoms with E-state index in [-0.39, 0.29) is 0 Å². The summed E-state index contributed by atoms with van der Waals surface area (Å²) in [4.78, 5) is 0. The molecule has 1 aliphatic rings. The molecule has 3 heteroatoms. The van der Waals surface area contributed by atoms with Crippen LogP contribution in [0.15, 0.2) is 24.0 Å². The van der Waals surface area contributed by atoms with Crippen LogP contribution in [0.3, 0.4) is 0 Å². The molecule has 0 aromatic carbocycles.